The maximum atomic E-state index is 13.2. The van der Waals surface area contributed by atoms with Crippen LogP contribution in [0, 0.1) is 6.92 Å². The molecule has 0 radical (unpaired) electrons. The molecule has 1 amide bonds. The Morgan fingerprint density at radius 2 is 1.70 bits per heavy atom. The van der Waals surface area contributed by atoms with E-state index in [4.69, 9.17) is 4.74 Å². The van der Waals surface area contributed by atoms with Crippen LogP contribution in [-0.2, 0) is 32.5 Å². The first-order chi connectivity index (χ1) is 15.8. The lowest BCUT2D eigenvalue weighted by atomic mass is 10.0. The molecule has 0 bridgehead atoms. The number of nitrogens with one attached hydrogen (secondary N) is 1. The largest absolute Gasteiger partial charge is 0.452 e. The van der Waals surface area contributed by atoms with Gasteiger partial charge in [0.2, 0.25) is 10.0 Å². The minimum absolute atomic E-state index is 0.0143. The van der Waals surface area contributed by atoms with Gasteiger partial charge in [0.05, 0.1) is 10.5 Å². The second kappa shape index (κ2) is 9.56. The lowest BCUT2D eigenvalue weighted by molar-refractivity contribution is -0.119. The summed E-state index contributed by atoms with van der Waals surface area (Å²) < 4.78 is 32.8. The fourth-order valence-electron chi connectivity index (χ4n) is 3.66. The van der Waals surface area contributed by atoms with Crippen molar-refractivity contribution in [3.63, 3.8) is 0 Å². The highest BCUT2D eigenvalue weighted by atomic mass is 32.2. The molecule has 170 valence electrons. The Bertz CT molecular complexity index is 1290. The van der Waals surface area contributed by atoms with Crippen LogP contribution in [0.15, 0.2) is 77.7 Å². The van der Waals surface area contributed by atoms with Gasteiger partial charge in [0.15, 0.2) is 6.61 Å². The van der Waals surface area contributed by atoms with Gasteiger partial charge in [-0.3, -0.25) is 4.79 Å². The number of amides is 1. The zero-order valence-electron chi connectivity index (χ0n) is 18.2. The van der Waals surface area contributed by atoms with Crippen LogP contribution in [0.2, 0.25) is 0 Å². The molecule has 0 unspecified atom stereocenters. The quantitative estimate of drug-likeness (QED) is 0.564. The molecule has 4 rings (SSSR count). The molecule has 1 aliphatic rings. The van der Waals surface area contributed by atoms with E-state index < -0.39 is 28.5 Å². The van der Waals surface area contributed by atoms with Crippen molar-refractivity contribution < 1.29 is 22.7 Å². The van der Waals surface area contributed by atoms with E-state index >= 15 is 0 Å². The van der Waals surface area contributed by atoms with Gasteiger partial charge in [0.25, 0.3) is 5.91 Å². The van der Waals surface area contributed by atoms with Gasteiger partial charge in [-0.25, -0.2) is 13.2 Å². The molecule has 0 fully saturated rings. The monoisotopic (exact) mass is 464 g/mol. The molecule has 0 aromatic heterocycles. The van der Waals surface area contributed by atoms with Gasteiger partial charge in [-0.2, -0.15) is 4.31 Å². The number of esters is 1. The number of hydrogen-bond acceptors (Lipinski definition) is 5. The molecule has 1 N–H and O–H groups in total. The Kier molecular flexibility index (Phi) is 6.57. The van der Waals surface area contributed by atoms with Crippen LogP contribution in [0.4, 0.5) is 5.69 Å². The van der Waals surface area contributed by atoms with E-state index in [1.807, 2.05) is 43.3 Å². The van der Waals surface area contributed by atoms with Crippen LogP contribution in [-0.4, -0.2) is 37.8 Å². The summed E-state index contributed by atoms with van der Waals surface area (Å²) in [6, 6.07) is 20.7. The molecule has 0 spiro atoms. The summed E-state index contributed by atoms with van der Waals surface area (Å²) in [5.41, 5.74) is 3.84. The predicted molar refractivity (Wildman–Crippen MR) is 124 cm³/mol. The molecule has 7 nitrogen and oxygen atoms in total. The third-order valence-electron chi connectivity index (χ3n) is 5.47. The van der Waals surface area contributed by atoms with E-state index in [1.165, 1.54) is 28.6 Å². The van der Waals surface area contributed by atoms with Crippen LogP contribution in [0.5, 0.6) is 0 Å². The number of ether oxygens (including phenoxy) is 1. The molecular formula is C25H24N2O5S. The number of nitrogens with zero attached hydrogens (tertiary/aromatic N) is 1. The second-order valence-electron chi connectivity index (χ2n) is 7.88. The summed E-state index contributed by atoms with van der Waals surface area (Å²) in [7, 11) is -3.79. The summed E-state index contributed by atoms with van der Waals surface area (Å²) in [4.78, 5) is 24.5. The number of carbonyl (C=O) groups is 2. The zero-order chi connectivity index (χ0) is 23.4. The van der Waals surface area contributed by atoms with Crippen molar-refractivity contribution in [1.82, 2.24) is 4.31 Å². The van der Waals surface area contributed by atoms with Crippen LogP contribution in [0.3, 0.4) is 0 Å². The SMILES string of the molecule is Cc1ccc(NC(=O)COC(=O)c2cccc(S(=O)(=O)N3CCc4ccccc4C3)c2)cc1. The van der Waals surface area contributed by atoms with Crippen LogP contribution in [0.1, 0.15) is 27.0 Å². The normalized spacial score (nSPS) is 13.7. The van der Waals surface area contributed by atoms with E-state index in [2.05, 4.69) is 5.32 Å². The van der Waals surface area contributed by atoms with Gasteiger partial charge >= 0.3 is 5.97 Å². The van der Waals surface area contributed by atoms with Crippen molar-refractivity contribution in [2.75, 3.05) is 18.5 Å². The Labute approximate surface area is 193 Å². The summed E-state index contributed by atoms with van der Waals surface area (Å²) in [5, 5.41) is 2.64. The smallest absolute Gasteiger partial charge is 0.338 e. The molecule has 3 aromatic carbocycles. The number of aryl methyl sites for hydroxylation is 1. The molecule has 1 aliphatic heterocycles. The van der Waals surface area contributed by atoms with E-state index in [9.17, 15) is 18.0 Å². The summed E-state index contributed by atoms with van der Waals surface area (Å²) in [6.07, 6.45) is 0.632. The van der Waals surface area contributed by atoms with Crippen LogP contribution >= 0.6 is 0 Å². The van der Waals surface area contributed by atoms with Crippen molar-refractivity contribution in [2.24, 2.45) is 0 Å². The highest BCUT2D eigenvalue weighted by molar-refractivity contribution is 7.89. The molecule has 0 atom stereocenters. The molecule has 8 heteroatoms. The number of benzene rings is 3. The standard InChI is InChI=1S/C25H24N2O5S/c1-18-9-11-22(12-10-18)26-24(28)17-32-25(29)20-7-4-8-23(15-20)33(30,31)27-14-13-19-5-2-3-6-21(19)16-27/h2-12,15H,13-14,16-17H2,1H3,(H,26,28). The van der Waals surface area contributed by atoms with E-state index in [0.717, 1.165) is 16.7 Å². The third kappa shape index (κ3) is 5.30. The molecule has 3 aromatic rings. The van der Waals surface area contributed by atoms with Gasteiger partial charge in [-0.05, 0) is 54.8 Å². The minimum atomic E-state index is -3.79. The average Bonchev–Trinajstić information content (AvgIpc) is 2.83. The lowest BCUT2D eigenvalue weighted by Crippen LogP contribution is -2.36. The molecule has 0 saturated carbocycles. The van der Waals surface area contributed by atoms with Crippen molar-refractivity contribution in [2.45, 2.75) is 24.8 Å². The maximum Gasteiger partial charge on any atom is 0.338 e. The van der Waals surface area contributed by atoms with Crippen molar-refractivity contribution in [3.8, 4) is 0 Å². The van der Waals surface area contributed by atoms with Gasteiger partial charge in [0, 0.05) is 18.8 Å². The zero-order valence-corrected chi connectivity index (χ0v) is 19.0. The number of fused-ring (bicyclic) bond motifs is 1. The predicted octanol–water partition coefficient (Wildman–Crippen LogP) is 3.54. The third-order valence-corrected chi connectivity index (χ3v) is 7.31. The summed E-state index contributed by atoms with van der Waals surface area (Å²) >= 11 is 0. The topological polar surface area (TPSA) is 92.8 Å². The van der Waals surface area contributed by atoms with Crippen molar-refractivity contribution in [3.05, 3.63) is 95.1 Å². The molecular weight excluding hydrogens is 440 g/mol. The Morgan fingerprint density at radius 3 is 2.45 bits per heavy atom. The molecule has 0 aliphatic carbocycles. The Balaban J connectivity index is 1.41. The number of hydrogen-bond donors (Lipinski definition) is 1. The fraction of sp³-hybridized carbons (Fsp3) is 0.200. The van der Waals surface area contributed by atoms with E-state index in [-0.39, 0.29) is 17.0 Å². The maximum absolute atomic E-state index is 13.2. The number of anilines is 1. The molecule has 0 saturated heterocycles. The van der Waals surface area contributed by atoms with Gasteiger partial charge in [-0.1, -0.05) is 48.0 Å². The lowest BCUT2D eigenvalue weighted by Gasteiger charge is -2.28. The minimum Gasteiger partial charge on any atom is -0.452 e. The van der Waals surface area contributed by atoms with E-state index in [0.29, 0.717) is 18.7 Å². The van der Waals surface area contributed by atoms with Gasteiger partial charge in [0.1, 0.15) is 0 Å². The van der Waals surface area contributed by atoms with Crippen molar-refractivity contribution >= 4 is 27.6 Å². The van der Waals surface area contributed by atoms with E-state index in [1.54, 1.807) is 12.1 Å². The van der Waals surface area contributed by atoms with Gasteiger partial charge < -0.3 is 10.1 Å². The second-order valence-corrected chi connectivity index (χ2v) is 9.81. The summed E-state index contributed by atoms with van der Waals surface area (Å²) in [6.45, 7) is 2.11. The number of carbonyl (C=O) groups excluding carboxylic acids is 2. The highest BCUT2D eigenvalue weighted by Gasteiger charge is 2.28. The van der Waals surface area contributed by atoms with Crippen LogP contribution in [0.25, 0.3) is 0 Å². The first-order valence-corrected chi connectivity index (χ1v) is 12.0. The van der Waals surface area contributed by atoms with Gasteiger partial charge in [-0.15, -0.1) is 0 Å². The fourth-order valence-corrected chi connectivity index (χ4v) is 5.12. The summed E-state index contributed by atoms with van der Waals surface area (Å²) in [5.74, 6) is -1.25. The van der Waals surface area contributed by atoms with Crippen LogP contribution < -0.4 is 5.32 Å². The average molecular weight is 465 g/mol. The Hall–Kier alpha value is -3.49. The number of rotatable bonds is 6. The van der Waals surface area contributed by atoms with Crippen molar-refractivity contribution in [1.29, 1.82) is 0 Å². The molecule has 33 heavy (non-hydrogen) atoms. The first-order valence-electron chi connectivity index (χ1n) is 10.5. The number of sulfonamides is 1. The highest BCUT2D eigenvalue weighted by Crippen LogP contribution is 2.25. The molecule has 1 heterocycles. The first kappa shape index (κ1) is 22.7. The Morgan fingerprint density at radius 1 is 0.970 bits per heavy atom.